The Labute approximate surface area is 115 Å². The Morgan fingerprint density at radius 1 is 0.850 bits per heavy atom. The van der Waals surface area contributed by atoms with Gasteiger partial charge in [-0.3, -0.25) is 0 Å². The van der Waals surface area contributed by atoms with E-state index in [1.54, 1.807) is 6.07 Å². The molecule has 0 aliphatic rings. The van der Waals surface area contributed by atoms with Crippen molar-refractivity contribution >= 4 is 0 Å². The van der Waals surface area contributed by atoms with E-state index in [-0.39, 0.29) is 5.69 Å². The fourth-order valence-electron chi connectivity index (χ4n) is 1.86. The van der Waals surface area contributed by atoms with Crippen molar-refractivity contribution in [2.45, 2.75) is 0 Å². The molecule has 20 heavy (non-hydrogen) atoms. The number of hydrogen-bond donors (Lipinski definition) is 1. The van der Waals surface area contributed by atoms with E-state index < -0.39 is 0 Å². The maximum Gasteiger partial charge on any atom is 0.345 e. The molecular weight excluding hydrogens is 252 g/mol. The van der Waals surface area contributed by atoms with Crippen LogP contribution in [0.3, 0.4) is 0 Å². The highest BCUT2D eigenvalue weighted by Gasteiger charge is 2.00. The van der Waals surface area contributed by atoms with E-state index in [9.17, 15) is 4.79 Å². The molecule has 3 aromatic rings. The van der Waals surface area contributed by atoms with Crippen molar-refractivity contribution in [2.75, 3.05) is 0 Å². The molecule has 0 aliphatic carbocycles. The summed E-state index contributed by atoms with van der Waals surface area (Å²) in [5.41, 5.74) is 1.29. The van der Waals surface area contributed by atoms with Gasteiger partial charge < -0.3 is 9.72 Å². The minimum Gasteiger partial charge on any atom is -0.457 e. The van der Waals surface area contributed by atoms with Crippen LogP contribution in [-0.2, 0) is 0 Å². The Hall–Kier alpha value is -2.88. The van der Waals surface area contributed by atoms with Crippen molar-refractivity contribution in [1.29, 1.82) is 0 Å². The average Bonchev–Trinajstić information content (AvgIpc) is 2.49. The SMILES string of the molecule is O=c1nccc(-c2ccc(Oc3ccccc3)cc2)[nH]1. The van der Waals surface area contributed by atoms with Crippen LogP contribution in [0.5, 0.6) is 11.5 Å². The van der Waals surface area contributed by atoms with Gasteiger partial charge in [0.05, 0.1) is 5.69 Å². The molecule has 0 spiro atoms. The minimum absolute atomic E-state index is 0.355. The van der Waals surface area contributed by atoms with E-state index in [2.05, 4.69) is 9.97 Å². The molecule has 3 rings (SSSR count). The molecule has 1 N–H and O–H groups in total. The summed E-state index contributed by atoms with van der Waals surface area (Å²) in [5, 5.41) is 0. The van der Waals surface area contributed by atoms with E-state index in [4.69, 9.17) is 4.74 Å². The molecule has 0 amide bonds. The first kappa shape index (κ1) is 12.2. The number of aromatic amines is 1. The first-order valence-electron chi connectivity index (χ1n) is 6.20. The lowest BCUT2D eigenvalue weighted by Gasteiger charge is -2.06. The van der Waals surface area contributed by atoms with Crippen LogP contribution >= 0.6 is 0 Å². The van der Waals surface area contributed by atoms with Crippen LogP contribution in [0, 0.1) is 0 Å². The van der Waals surface area contributed by atoms with Crippen LogP contribution in [0.15, 0.2) is 71.7 Å². The predicted octanol–water partition coefficient (Wildman–Crippen LogP) is 3.23. The van der Waals surface area contributed by atoms with Gasteiger partial charge in [0.15, 0.2) is 0 Å². The molecule has 0 saturated carbocycles. The molecule has 4 nitrogen and oxygen atoms in total. The molecule has 4 heteroatoms. The van der Waals surface area contributed by atoms with Crippen molar-refractivity contribution in [3.63, 3.8) is 0 Å². The fraction of sp³-hybridized carbons (Fsp3) is 0. The summed E-state index contributed by atoms with van der Waals surface area (Å²) >= 11 is 0. The van der Waals surface area contributed by atoms with E-state index in [0.717, 1.165) is 22.8 Å². The Morgan fingerprint density at radius 3 is 2.25 bits per heavy atom. The van der Waals surface area contributed by atoms with Gasteiger partial charge in [-0.1, -0.05) is 18.2 Å². The predicted molar refractivity (Wildman–Crippen MR) is 76.8 cm³/mol. The van der Waals surface area contributed by atoms with E-state index in [1.807, 2.05) is 54.6 Å². The van der Waals surface area contributed by atoms with E-state index in [1.165, 1.54) is 6.20 Å². The van der Waals surface area contributed by atoms with Crippen LogP contribution in [0.25, 0.3) is 11.3 Å². The van der Waals surface area contributed by atoms with Crippen molar-refractivity contribution in [3.05, 3.63) is 77.3 Å². The summed E-state index contributed by atoms with van der Waals surface area (Å²) in [6, 6.07) is 18.8. The number of ether oxygens (including phenoxy) is 1. The first-order valence-corrected chi connectivity index (χ1v) is 6.20. The molecule has 0 atom stereocenters. The fourth-order valence-corrected chi connectivity index (χ4v) is 1.86. The number of rotatable bonds is 3. The minimum atomic E-state index is -0.355. The van der Waals surface area contributed by atoms with E-state index in [0.29, 0.717) is 0 Å². The van der Waals surface area contributed by atoms with Gasteiger partial charge in [-0.25, -0.2) is 9.78 Å². The number of nitrogens with one attached hydrogen (secondary N) is 1. The Balaban J connectivity index is 1.83. The molecule has 2 aromatic carbocycles. The lowest BCUT2D eigenvalue weighted by Crippen LogP contribution is -2.09. The summed E-state index contributed by atoms with van der Waals surface area (Å²) in [5.74, 6) is 1.54. The third kappa shape index (κ3) is 2.75. The number of aromatic nitrogens is 2. The number of H-pyrrole nitrogens is 1. The smallest absolute Gasteiger partial charge is 0.345 e. The quantitative estimate of drug-likeness (QED) is 0.790. The van der Waals surface area contributed by atoms with Gasteiger partial charge >= 0.3 is 5.69 Å². The standard InChI is InChI=1S/C16H12N2O2/c19-16-17-11-10-15(18-16)12-6-8-14(9-7-12)20-13-4-2-1-3-5-13/h1-11H,(H,17,18,19). The normalized spacial score (nSPS) is 10.2. The lowest BCUT2D eigenvalue weighted by atomic mass is 10.1. The van der Waals surface area contributed by atoms with Gasteiger partial charge in [-0.2, -0.15) is 0 Å². The van der Waals surface area contributed by atoms with Crippen LogP contribution < -0.4 is 10.4 Å². The zero-order chi connectivity index (χ0) is 13.8. The largest absolute Gasteiger partial charge is 0.457 e. The number of benzene rings is 2. The third-order valence-electron chi connectivity index (χ3n) is 2.82. The van der Waals surface area contributed by atoms with Crippen LogP contribution in [-0.4, -0.2) is 9.97 Å². The first-order chi connectivity index (χ1) is 9.81. The average molecular weight is 264 g/mol. The molecular formula is C16H12N2O2. The third-order valence-corrected chi connectivity index (χ3v) is 2.82. The lowest BCUT2D eigenvalue weighted by molar-refractivity contribution is 0.483. The highest BCUT2D eigenvalue weighted by molar-refractivity contribution is 5.59. The second-order valence-corrected chi connectivity index (χ2v) is 4.23. The van der Waals surface area contributed by atoms with Crippen molar-refractivity contribution in [2.24, 2.45) is 0 Å². The summed E-state index contributed by atoms with van der Waals surface area (Å²) in [6.45, 7) is 0. The molecule has 0 aliphatic heterocycles. The molecule has 1 aromatic heterocycles. The van der Waals surface area contributed by atoms with Gasteiger partial charge in [0.2, 0.25) is 0 Å². The van der Waals surface area contributed by atoms with Gasteiger partial charge in [0.1, 0.15) is 11.5 Å². The zero-order valence-corrected chi connectivity index (χ0v) is 10.6. The van der Waals surface area contributed by atoms with Crippen LogP contribution in [0.2, 0.25) is 0 Å². The summed E-state index contributed by atoms with van der Waals surface area (Å²) in [4.78, 5) is 17.5. The molecule has 0 saturated heterocycles. The van der Waals surface area contributed by atoms with Gasteiger partial charge in [0, 0.05) is 6.20 Å². The second kappa shape index (κ2) is 5.40. The molecule has 0 fully saturated rings. The maximum atomic E-state index is 11.2. The number of para-hydroxylation sites is 1. The highest BCUT2D eigenvalue weighted by Crippen LogP contribution is 2.24. The van der Waals surface area contributed by atoms with Crippen LogP contribution in [0.4, 0.5) is 0 Å². The van der Waals surface area contributed by atoms with E-state index >= 15 is 0 Å². The summed E-state index contributed by atoms with van der Waals surface area (Å²) in [7, 11) is 0. The Bertz CT molecular complexity index is 749. The second-order valence-electron chi connectivity index (χ2n) is 4.23. The Kier molecular flexibility index (Phi) is 3.29. The van der Waals surface area contributed by atoms with Crippen molar-refractivity contribution in [3.8, 4) is 22.8 Å². The summed E-state index contributed by atoms with van der Waals surface area (Å²) in [6.07, 6.45) is 1.49. The van der Waals surface area contributed by atoms with Gasteiger partial charge in [-0.15, -0.1) is 0 Å². The zero-order valence-electron chi connectivity index (χ0n) is 10.6. The monoisotopic (exact) mass is 264 g/mol. The van der Waals surface area contributed by atoms with Crippen LogP contribution in [0.1, 0.15) is 0 Å². The maximum absolute atomic E-state index is 11.2. The van der Waals surface area contributed by atoms with Gasteiger partial charge in [0.25, 0.3) is 0 Å². The molecule has 0 unspecified atom stereocenters. The molecule has 1 heterocycles. The molecule has 0 bridgehead atoms. The number of hydrogen-bond acceptors (Lipinski definition) is 3. The topological polar surface area (TPSA) is 55.0 Å². The molecule has 98 valence electrons. The van der Waals surface area contributed by atoms with Crippen molar-refractivity contribution in [1.82, 2.24) is 9.97 Å². The summed E-state index contributed by atoms with van der Waals surface area (Å²) < 4.78 is 5.71. The van der Waals surface area contributed by atoms with Gasteiger partial charge in [-0.05, 0) is 48.0 Å². The highest BCUT2D eigenvalue weighted by atomic mass is 16.5. The van der Waals surface area contributed by atoms with Crippen molar-refractivity contribution < 1.29 is 4.74 Å². The molecule has 0 radical (unpaired) electrons. The number of nitrogens with zero attached hydrogens (tertiary/aromatic N) is 1. The Morgan fingerprint density at radius 2 is 1.55 bits per heavy atom.